The van der Waals surface area contributed by atoms with E-state index >= 15 is 0 Å². The molecule has 132 valence electrons. The molecule has 7 nitrogen and oxygen atoms in total. The minimum Gasteiger partial charge on any atom is -0.472 e. The summed E-state index contributed by atoms with van der Waals surface area (Å²) in [5.74, 6) is 0.657. The number of furan rings is 1. The lowest BCUT2D eigenvalue weighted by Gasteiger charge is -2.44. The number of rotatable bonds is 4. The summed E-state index contributed by atoms with van der Waals surface area (Å²) in [7, 11) is 0. The zero-order chi connectivity index (χ0) is 17.1. The molecule has 2 aliphatic heterocycles. The van der Waals surface area contributed by atoms with Gasteiger partial charge in [0.05, 0.1) is 24.8 Å². The predicted octanol–water partition coefficient (Wildman–Crippen LogP) is 1.94. The lowest BCUT2D eigenvalue weighted by Crippen LogP contribution is -2.52. The molecule has 0 spiro atoms. The van der Waals surface area contributed by atoms with Gasteiger partial charge in [-0.1, -0.05) is 0 Å². The number of ether oxygens (including phenoxy) is 1. The summed E-state index contributed by atoms with van der Waals surface area (Å²) >= 11 is 0. The van der Waals surface area contributed by atoms with Crippen LogP contribution in [-0.4, -0.2) is 46.6 Å². The minimum absolute atomic E-state index is 0.0176. The number of piperidine rings is 1. The Morgan fingerprint density at radius 1 is 1.36 bits per heavy atom. The summed E-state index contributed by atoms with van der Waals surface area (Å²) in [6, 6.07) is 1.99. The largest absolute Gasteiger partial charge is 0.472 e. The highest BCUT2D eigenvalue weighted by molar-refractivity contribution is 5.91. The van der Waals surface area contributed by atoms with Crippen LogP contribution < -0.4 is 5.32 Å². The van der Waals surface area contributed by atoms with Crippen LogP contribution in [-0.2, 0) is 16.1 Å². The van der Waals surface area contributed by atoms with E-state index in [-0.39, 0.29) is 23.8 Å². The molecule has 4 rings (SSSR count). The van der Waals surface area contributed by atoms with Crippen LogP contribution in [0.15, 0.2) is 41.6 Å². The van der Waals surface area contributed by atoms with Gasteiger partial charge in [0, 0.05) is 56.0 Å². The van der Waals surface area contributed by atoms with Crippen LogP contribution in [0.25, 0.3) is 0 Å². The molecule has 1 amide bonds. The minimum atomic E-state index is -0.0621. The molecule has 0 radical (unpaired) electrons. The van der Waals surface area contributed by atoms with Gasteiger partial charge in [-0.3, -0.25) is 14.7 Å². The van der Waals surface area contributed by atoms with Crippen LogP contribution in [0.2, 0.25) is 0 Å². The molecule has 3 atom stereocenters. The van der Waals surface area contributed by atoms with Crippen molar-refractivity contribution in [3.8, 4) is 0 Å². The van der Waals surface area contributed by atoms with Crippen molar-refractivity contribution >= 4 is 11.7 Å². The van der Waals surface area contributed by atoms with Crippen molar-refractivity contribution in [2.24, 2.45) is 11.8 Å². The van der Waals surface area contributed by atoms with Gasteiger partial charge in [-0.2, -0.15) is 0 Å². The average molecular weight is 342 g/mol. The second kappa shape index (κ2) is 7.33. The molecule has 2 aromatic rings. The van der Waals surface area contributed by atoms with Crippen LogP contribution in [0.3, 0.4) is 0 Å². The zero-order valence-electron chi connectivity index (χ0n) is 14.0. The van der Waals surface area contributed by atoms with Crippen molar-refractivity contribution in [2.45, 2.75) is 25.5 Å². The highest BCUT2D eigenvalue weighted by Gasteiger charge is 2.41. The molecule has 2 fully saturated rings. The molecule has 25 heavy (non-hydrogen) atoms. The molecule has 1 N–H and O–H groups in total. The normalized spacial score (nSPS) is 26.8. The Bertz CT molecular complexity index is 692. The zero-order valence-corrected chi connectivity index (χ0v) is 14.0. The summed E-state index contributed by atoms with van der Waals surface area (Å²) < 4.78 is 11.1. The number of anilines is 1. The number of nitrogens with one attached hydrogen (secondary N) is 1. The fourth-order valence-corrected chi connectivity index (χ4v) is 3.88. The van der Waals surface area contributed by atoms with E-state index in [4.69, 9.17) is 9.15 Å². The Labute approximate surface area is 146 Å². The van der Waals surface area contributed by atoms with Gasteiger partial charge in [-0.25, -0.2) is 4.98 Å². The van der Waals surface area contributed by atoms with E-state index in [0.717, 1.165) is 38.0 Å². The molecule has 0 aromatic carbocycles. The van der Waals surface area contributed by atoms with Crippen LogP contribution in [0.5, 0.6) is 0 Å². The third-order valence-corrected chi connectivity index (χ3v) is 5.09. The fraction of sp³-hybridized carbons (Fsp3) is 0.500. The lowest BCUT2D eigenvalue weighted by molar-refractivity contribution is -0.137. The van der Waals surface area contributed by atoms with Crippen molar-refractivity contribution in [1.29, 1.82) is 0 Å². The molecular formula is C18H22N4O3. The van der Waals surface area contributed by atoms with Gasteiger partial charge < -0.3 is 14.5 Å². The van der Waals surface area contributed by atoms with E-state index < -0.39 is 0 Å². The van der Waals surface area contributed by atoms with E-state index in [0.29, 0.717) is 12.4 Å². The second-order valence-electron chi connectivity index (χ2n) is 6.70. The standard InChI is InChI=1S/C18H22N4O3/c23-18(21-17-9-19-4-5-20-17)14-3-8-25-16-1-6-22(11-15(14)16)10-13-2-7-24-12-13/h2,4-5,7,9,12,14-16H,1,3,6,8,10-11H2,(H,20,21,23)/t14-,15-,16-/m1/s1. The summed E-state index contributed by atoms with van der Waals surface area (Å²) in [6.07, 6.45) is 10.1. The highest BCUT2D eigenvalue weighted by atomic mass is 16.5. The summed E-state index contributed by atoms with van der Waals surface area (Å²) in [5.41, 5.74) is 1.16. The number of amides is 1. The molecule has 0 saturated carbocycles. The van der Waals surface area contributed by atoms with E-state index in [1.165, 1.54) is 0 Å². The van der Waals surface area contributed by atoms with E-state index in [1.54, 1.807) is 31.1 Å². The number of hydrogen-bond donors (Lipinski definition) is 1. The maximum atomic E-state index is 12.8. The summed E-state index contributed by atoms with van der Waals surface area (Å²) in [6.45, 7) is 3.32. The molecular weight excluding hydrogens is 320 g/mol. The summed E-state index contributed by atoms with van der Waals surface area (Å²) in [4.78, 5) is 23.3. The molecule has 2 aromatic heterocycles. The topological polar surface area (TPSA) is 80.5 Å². The molecule has 2 saturated heterocycles. The lowest BCUT2D eigenvalue weighted by atomic mass is 9.79. The first kappa shape index (κ1) is 16.2. The first-order chi connectivity index (χ1) is 12.3. The smallest absolute Gasteiger partial charge is 0.229 e. The van der Waals surface area contributed by atoms with Crippen LogP contribution >= 0.6 is 0 Å². The third kappa shape index (κ3) is 3.72. The van der Waals surface area contributed by atoms with Gasteiger partial charge in [0.15, 0.2) is 5.82 Å². The maximum absolute atomic E-state index is 12.8. The number of likely N-dealkylation sites (tertiary alicyclic amines) is 1. The van der Waals surface area contributed by atoms with Crippen LogP contribution in [0.1, 0.15) is 18.4 Å². The highest BCUT2D eigenvalue weighted by Crippen LogP contribution is 2.34. The van der Waals surface area contributed by atoms with Crippen molar-refractivity contribution in [3.63, 3.8) is 0 Å². The monoisotopic (exact) mass is 342 g/mol. The first-order valence-corrected chi connectivity index (χ1v) is 8.71. The first-order valence-electron chi connectivity index (χ1n) is 8.71. The van der Waals surface area contributed by atoms with Crippen molar-refractivity contribution in [2.75, 3.05) is 25.0 Å². The Morgan fingerprint density at radius 3 is 3.12 bits per heavy atom. The number of fused-ring (bicyclic) bond motifs is 1. The van der Waals surface area contributed by atoms with Crippen molar-refractivity contribution < 1.29 is 13.9 Å². The van der Waals surface area contributed by atoms with E-state index in [9.17, 15) is 4.79 Å². The third-order valence-electron chi connectivity index (χ3n) is 5.09. The van der Waals surface area contributed by atoms with Gasteiger partial charge in [0.2, 0.25) is 5.91 Å². The molecule has 0 unspecified atom stereocenters. The molecule has 2 aliphatic rings. The molecule has 7 heteroatoms. The van der Waals surface area contributed by atoms with Crippen molar-refractivity contribution in [3.05, 3.63) is 42.7 Å². The Morgan fingerprint density at radius 2 is 2.32 bits per heavy atom. The number of aromatic nitrogens is 2. The van der Waals surface area contributed by atoms with Crippen LogP contribution in [0, 0.1) is 11.8 Å². The Balaban J connectivity index is 1.43. The second-order valence-corrected chi connectivity index (χ2v) is 6.70. The molecule has 0 aliphatic carbocycles. The Hall–Kier alpha value is -2.25. The van der Waals surface area contributed by atoms with Crippen molar-refractivity contribution in [1.82, 2.24) is 14.9 Å². The van der Waals surface area contributed by atoms with E-state index in [2.05, 4.69) is 20.2 Å². The number of carbonyl (C=O) groups is 1. The number of hydrogen-bond acceptors (Lipinski definition) is 6. The number of nitrogens with zero attached hydrogens (tertiary/aromatic N) is 3. The van der Waals surface area contributed by atoms with Gasteiger partial charge in [0.25, 0.3) is 0 Å². The number of carbonyl (C=O) groups excluding carboxylic acids is 1. The maximum Gasteiger partial charge on any atom is 0.229 e. The molecule has 4 heterocycles. The predicted molar refractivity (Wildman–Crippen MR) is 90.6 cm³/mol. The van der Waals surface area contributed by atoms with Gasteiger partial charge in [-0.05, 0) is 18.9 Å². The summed E-state index contributed by atoms with van der Waals surface area (Å²) in [5, 5.41) is 2.90. The molecule has 0 bridgehead atoms. The van der Waals surface area contributed by atoms with Crippen LogP contribution in [0.4, 0.5) is 5.82 Å². The fourth-order valence-electron chi connectivity index (χ4n) is 3.88. The van der Waals surface area contributed by atoms with Gasteiger partial charge in [0.1, 0.15) is 0 Å². The Kier molecular flexibility index (Phi) is 4.76. The SMILES string of the molecule is O=C(Nc1cnccn1)[C@@H]1CCO[C@@H]2CCN(Cc3ccoc3)C[C@@H]21. The quantitative estimate of drug-likeness (QED) is 0.914. The average Bonchev–Trinajstić information content (AvgIpc) is 3.15. The van der Waals surface area contributed by atoms with E-state index in [1.807, 2.05) is 6.07 Å². The van der Waals surface area contributed by atoms with Gasteiger partial charge in [-0.15, -0.1) is 0 Å². The van der Waals surface area contributed by atoms with Gasteiger partial charge >= 0.3 is 0 Å².